The number of nitrogens with zero attached hydrogens (tertiary/aromatic N) is 2. The fourth-order valence-electron chi connectivity index (χ4n) is 2.75. The van der Waals surface area contributed by atoms with Gasteiger partial charge in [0, 0.05) is 11.5 Å². The third-order valence-electron chi connectivity index (χ3n) is 4.02. The Balaban J connectivity index is 2.06. The normalized spacial score (nSPS) is 21.6. The van der Waals surface area contributed by atoms with Gasteiger partial charge < -0.3 is 5.73 Å². The van der Waals surface area contributed by atoms with Crippen molar-refractivity contribution in [3.05, 3.63) is 41.6 Å². The van der Waals surface area contributed by atoms with Crippen molar-refractivity contribution in [2.24, 2.45) is 5.92 Å². The SMILES string of the molecule is CCCc1c(C2CC2C)nn(-c2ccccc2)c1N. The summed E-state index contributed by atoms with van der Waals surface area (Å²) in [6.45, 7) is 4.48. The van der Waals surface area contributed by atoms with Crippen LogP contribution in [0.25, 0.3) is 5.69 Å². The molecular weight excluding hydrogens is 234 g/mol. The lowest BCUT2D eigenvalue weighted by molar-refractivity contribution is 0.807. The first kappa shape index (κ1) is 12.3. The zero-order valence-corrected chi connectivity index (χ0v) is 11.6. The topological polar surface area (TPSA) is 43.8 Å². The Morgan fingerprint density at radius 2 is 2.00 bits per heavy atom. The van der Waals surface area contributed by atoms with Gasteiger partial charge in [0.1, 0.15) is 5.82 Å². The highest BCUT2D eigenvalue weighted by Gasteiger charge is 2.38. The quantitative estimate of drug-likeness (QED) is 0.908. The molecule has 0 spiro atoms. The number of aromatic nitrogens is 2. The number of hydrogen-bond acceptors (Lipinski definition) is 2. The molecule has 2 atom stereocenters. The maximum atomic E-state index is 6.33. The van der Waals surface area contributed by atoms with Crippen molar-refractivity contribution in [1.29, 1.82) is 0 Å². The summed E-state index contributed by atoms with van der Waals surface area (Å²) < 4.78 is 1.91. The van der Waals surface area contributed by atoms with Gasteiger partial charge in [-0.25, -0.2) is 4.68 Å². The third kappa shape index (κ3) is 2.14. The Morgan fingerprint density at radius 3 is 2.58 bits per heavy atom. The molecule has 1 aliphatic rings. The van der Waals surface area contributed by atoms with E-state index >= 15 is 0 Å². The molecule has 1 aromatic heterocycles. The number of nitrogen functional groups attached to an aromatic ring is 1. The summed E-state index contributed by atoms with van der Waals surface area (Å²) in [5.41, 5.74) is 9.88. The molecule has 2 unspecified atom stereocenters. The van der Waals surface area contributed by atoms with E-state index in [-0.39, 0.29) is 0 Å². The molecule has 3 nitrogen and oxygen atoms in total. The largest absolute Gasteiger partial charge is 0.383 e. The highest BCUT2D eigenvalue weighted by Crippen LogP contribution is 2.48. The van der Waals surface area contributed by atoms with Crippen LogP contribution in [-0.2, 0) is 6.42 Å². The second-order valence-electron chi connectivity index (χ2n) is 5.57. The lowest BCUT2D eigenvalue weighted by Crippen LogP contribution is -2.02. The molecule has 2 N–H and O–H groups in total. The molecule has 0 amide bonds. The number of anilines is 1. The van der Waals surface area contributed by atoms with Gasteiger partial charge in [0.05, 0.1) is 11.4 Å². The monoisotopic (exact) mass is 255 g/mol. The summed E-state index contributed by atoms with van der Waals surface area (Å²) >= 11 is 0. The Hall–Kier alpha value is -1.77. The number of hydrogen-bond donors (Lipinski definition) is 1. The first-order valence-electron chi connectivity index (χ1n) is 7.15. The van der Waals surface area contributed by atoms with Crippen LogP contribution in [0.15, 0.2) is 30.3 Å². The molecule has 3 rings (SSSR count). The minimum atomic E-state index is 0.619. The maximum absolute atomic E-state index is 6.33. The van der Waals surface area contributed by atoms with Crippen LogP contribution in [0.1, 0.15) is 43.9 Å². The average molecular weight is 255 g/mol. The second-order valence-corrected chi connectivity index (χ2v) is 5.57. The number of benzene rings is 1. The van der Waals surface area contributed by atoms with Crippen molar-refractivity contribution in [1.82, 2.24) is 9.78 Å². The van der Waals surface area contributed by atoms with E-state index in [1.165, 1.54) is 17.7 Å². The highest BCUT2D eigenvalue weighted by atomic mass is 15.3. The smallest absolute Gasteiger partial charge is 0.130 e. The van der Waals surface area contributed by atoms with Crippen molar-refractivity contribution in [3.63, 3.8) is 0 Å². The van der Waals surface area contributed by atoms with Crippen LogP contribution in [0.3, 0.4) is 0 Å². The van der Waals surface area contributed by atoms with Crippen molar-refractivity contribution in [3.8, 4) is 5.69 Å². The van der Waals surface area contributed by atoms with Crippen LogP contribution in [0.5, 0.6) is 0 Å². The Morgan fingerprint density at radius 1 is 1.32 bits per heavy atom. The van der Waals surface area contributed by atoms with Crippen LogP contribution < -0.4 is 5.73 Å². The van der Waals surface area contributed by atoms with Crippen LogP contribution in [-0.4, -0.2) is 9.78 Å². The summed E-state index contributed by atoms with van der Waals surface area (Å²) in [7, 11) is 0. The number of rotatable bonds is 4. The Labute approximate surface area is 114 Å². The molecule has 0 saturated heterocycles. The van der Waals surface area contributed by atoms with E-state index < -0.39 is 0 Å². The van der Waals surface area contributed by atoms with Gasteiger partial charge in [0.15, 0.2) is 0 Å². The van der Waals surface area contributed by atoms with Gasteiger partial charge in [-0.3, -0.25) is 0 Å². The average Bonchev–Trinajstić information content (AvgIpc) is 3.06. The molecule has 1 saturated carbocycles. The zero-order valence-electron chi connectivity index (χ0n) is 11.6. The van der Waals surface area contributed by atoms with E-state index in [0.717, 1.165) is 30.3 Å². The molecule has 0 radical (unpaired) electrons. The van der Waals surface area contributed by atoms with Gasteiger partial charge in [0.2, 0.25) is 0 Å². The van der Waals surface area contributed by atoms with Gasteiger partial charge in [-0.05, 0) is 30.9 Å². The molecule has 2 aromatic rings. The van der Waals surface area contributed by atoms with E-state index in [9.17, 15) is 0 Å². The van der Waals surface area contributed by atoms with Crippen LogP contribution in [0.2, 0.25) is 0 Å². The molecule has 1 aliphatic carbocycles. The fraction of sp³-hybridized carbons (Fsp3) is 0.438. The molecule has 0 bridgehead atoms. The summed E-state index contributed by atoms with van der Waals surface area (Å²) in [6, 6.07) is 10.2. The summed E-state index contributed by atoms with van der Waals surface area (Å²) in [5, 5.41) is 4.80. The summed E-state index contributed by atoms with van der Waals surface area (Å²) in [4.78, 5) is 0. The van der Waals surface area contributed by atoms with Crippen molar-refractivity contribution >= 4 is 5.82 Å². The van der Waals surface area contributed by atoms with Crippen LogP contribution in [0, 0.1) is 5.92 Å². The number of nitrogens with two attached hydrogens (primary N) is 1. The van der Waals surface area contributed by atoms with E-state index in [0.29, 0.717) is 5.92 Å². The fourth-order valence-corrected chi connectivity index (χ4v) is 2.75. The maximum Gasteiger partial charge on any atom is 0.130 e. The summed E-state index contributed by atoms with van der Waals surface area (Å²) in [6.07, 6.45) is 3.39. The first-order chi connectivity index (χ1) is 9.22. The Kier molecular flexibility index (Phi) is 3.05. The van der Waals surface area contributed by atoms with Crippen molar-refractivity contribution in [2.75, 3.05) is 5.73 Å². The number of para-hydroxylation sites is 1. The molecule has 1 fully saturated rings. The Bertz CT molecular complexity index is 571. The predicted octanol–water partition coefficient (Wildman–Crippen LogP) is 3.53. The van der Waals surface area contributed by atoms with Crippen LogP contribution in [0.4, 0.5) is 5.82 Å². The molecule has 1 aromatic carbocycles. The van der Waals surface area contributed by atoms with Crippen LogP contribution >= 0.6 is 0 Å². The molecule has 19 heavy (non-hydrogen) atoms. The molecule has 0 aliphatic heterocycles. The van der Waals surface area contributed by atoms with Gasteiger partial charge in [-0.1, -0.05) is 38.5 Å². The van der Waals surface area contributed by atoms with E-state index in [1.807, 2.05) is 22.9 Å². The standard InChI is InChI=1S/C16H21N3/c1-3-7-13-15(14-10-11(14)2)18-19(16(13)17)12-8-5-4-6-9-12/h4-6,8-9,11,14H,3,7,10,17H2,1-2H3. The third-order valence-corrected chi connectivity index (χ3v) is 4.02. The highest BCUT2D eigenvalue weighted by molar-refractivity contribution is 5.51. The predicted molar refractivity (Wildman–Crippen MR) is 78.5 cm³/mol. The minimum Gasteiger partial charge on any atom is -0.383 e. The van der Waals surface area contributed by atoms with Gasteiger partial charge >= 0.3 is 0 Å². The molecule has 1 heterocycles. The van der Waals surface area contributed by atoms with Gasteiger partial charge in [0.25, 0.3) is 0 Å². The first-order valence-corrected chi connectivity index (χ1v) is 7.15. The van der Waals surface area contributed by atoms with Gasteiger partial charge in [-0.2, -0.15) is 5.10 Å². The second kappa shape index (κ2) is 4.72. The lowest BCUT2D eigenvalue weighted by Gasteiger charge is -2.04. The minimum absolute atomic E-state index is 0.619. The van der Waals surface area contributed by atoms with E-state index in [1.54, 1.807) is 0 Å². The van der Waals surface area contributed by atoms with E-state index in [4.69, 9.17) is 10.8 Å². The van der Waals surface area contributed by atoms with E-state index in [2.05, 4.69) is 26.0 Å². The lowest BCUT2D eigenvalue weighted by atomic mass is 10.1. The zero-order chi connectivity index (χ0) is 13.4. The summed E-state index contributed by atoms with van der Waals surface area (Å²) in [5.74, 6) is 2.20. The van der Waals surface area contributed by atoms with Gasteiger partial charge in [-0.15, -0.1) is 0 Å². The molecule has 100 valence electrons. The molecule has 3 heteroatoms. The van der Waals surface area contributed by atoms with Crippen molar-refractivity contribution < 1.29 is 0 Å². The molecular formula is C16H21N3. The van der Waals surface area contributed by atoms with Crippen molar-refractivity contribution in [2.45, 2.75) is 39.0 Å².